The van der Waals surface area contributed by atoms with Gasteiger partial charge in [0.2, 0.25) is 0 Å². The summed E-state index contributed by atoms with van der Waals surface area (Å²) in [5.41, 5.74) is 1.74. The van der Waals surface area contributed by atoms with Crippen molar-refractivity contribution in [3.8, 4) is 17.4 Å². The van der Waals surface area contributed by atoms with Crippen molar-refractivity contribution in [1.82, 2.24) is 4.90 Å². The predicted octanol–water partition coefficient (Wildman–Crippen LogP) is 4.13. The minimum Gasteiger partial charge on any atom is -0.462 e. The zero-order valence-corrected chi connectivity index (χ0v) is 17.6. The standard InChI is InChI=1S/C24H22N2O5/c1-4-12-26-22(27)19(15(3)20(14-25)23(26)28)13-18-10-11-21(31-18)16-6-8-17(9-7-16)24(29)30-5-2/h6-11,13H,4-5,12H2,1-3H3/b19-13+. The molecule has 1 aliphatic rings. The second-order valence-corrected chi connectivity index (χ2v) is 6.93. The van der Waals surface area contributed by atoms with E-state index >= 15 is 0 Å². The number of benzene rings is 1. The number of nitriles is 1. The van der Waals surface area contributed by atoms with Crippen molar-refractivity contribution in [2.45, 2.75) is 27.2 Å². The van der Waals surface area contributed by atoms with E-state index < -0.39 is 17.8 Å². The summed E-state index contributed by atoms with van der Waals surface area (Å²) in [5, 5.41) is 9.39. The second kappa shape index (κ2) is 9.26. The summed E-state index contributed by atoms with van der Waals surface area (Å²) in [4.78, 5) is 38.1. The van der Waals surface area contributed by atoms with Crippen LogP contribution in [0.1, 0.15) is 43.3 Å². The summed E-state index contributed by atoms with van der Waals surface area (Å²) in [7, 11) is 0. The predicted molar refractivity (Wildman–Crippen MR) is 113 cm³/mol. The first-order chi connectivity index (χ1) is 14.9. The van der Waals surface area contributed by atoms with Crippen LogP contribution in [0.5, 0.6) is 0 Å². The van der Waals surface area contributed by atoms with Gasteiger partial charge in [0.25, 0.3) is 11.8 Å². The lowest BCUT2D eigenvalue weighted by Gasteiger charge is -2.26. The molecule has 3 rings (SSSR count). The number of ether oxygens (including phenoxy) is 1. The molecule has 2 amide bonds. The Hall–Kier alpha value is -3.92. The normalized spacial score (nSPS) is 15.4. The largest absolute Gasteiger partial charge is 0.462 e. The molecule has 7 nitrogen and oxygen atoms in total. The Balaban J connectivity index is 1.92. The van der Waals surface area contributed by atoms with Gasteiger partial charge in [0.1, 0.15) is 23.2 Å². The van der Waals surface area contributed by atoms with E-state index in [1.165, 1.54) is 0 Å². The minimum atomic E-state index is -0.564. The van der Waals surface area contributed by atoms with Crippen molar-refractivity contribution < 1.29 is 23.5 Å². The highest BCUT2D eigenvalue weighted by atomic mass is 16.5. The topological polar surface area (TPSA) is 101 Å². The quantitative estimate of drug-likeness (QED) is 0.397. The van der Waals surface area contributed by atoms with Gasteiger partial charge in [-0.05, 0) is 56.2 Å². The van der Waals surface area contributed by atoms with Crippen molar-refractivity contribution in [3.63, 3.8) is 0 Å². The molecule has 0 spiro atoms. The van der Waals surface area contributed by atoms with Gasteiger partial charge in [-0.2, -0.15) is 5.26 Å². The van der Waals surface area contributed by atoms with E-state index in [2.05, 4.69) is 0 Å². The summed E-state index contributed by atoms with van der Waals surface area (Å²) in [5.74, 6) is -0.438. The van der Waals surface area contributed by atoms with E-state index in [1.807, 2.05) is 13.0 Å². The molecule has 1 aliphatic heterocycles. The van der Waals surface area contributed by atoms with Crippen LogP contribution in [0.3, 0.4) is 0 Å². The molecule has 2 aromatic rings. The molecule has 0 saturated carbocycles. The van der Waals surface area contributed by atoms with Crippen LogP contribution in [0.4, 0.5) is 0 Å². The van der Waals surface area contributed by atoms with Gasteiger partial charge in [-0.1, -0.05) is 19.1 Å². The van der Waals surface area contributed by atoms with E-state index in [0.29, 0.717) is 35.7 Å². The third-order valence-electron chi connectivity index (χ3n) is 4.87. The number of hydrogen-bond donors (Lipinski definition) is 0. The van der Waals surface area contributed by atoms with E-state index in [0.717, 1.165) is 10.5 Å². The van der Waals surface area contributed by atoms with Crippen molar-refractivity contribution in [2.24, 2.45) is 0 Å². The minimum absolute atomic E-state index is 0.0411. The van der Waals surface area contributed by atoms with Gasteiger partial charge < -0.3 is 9.15 Å². The van der Waals surface area contributed by atoms with Crippen LogP contribution in [-0.2, 0) is 14.3 Å². The zero-order valence-electron chi connectivity index (χ0n) is 17.6. The molecule has 0 bridgehead atoms. The fourth-order valence-corrected chi connectivity index (χ4v) is 3.27. The third kappa shape index (κ3) is 4.33. The van der Waals surface area contributed by atoms with Gasteiger partial charge >= 0.3 is 5.97 Å². The molecular weight excluding hydrogens is 396 g/mol. The molecule has 0 N–H and O–H groups in total. The fraction of sp³-hybridized carbons (Fsp3) is 0.250. The van der Waals surface area contributed by atoms with Crippen molar-refractivity contribution >= 4 is 23.9 Å². The zero-order chi connectivity index (χ0) is 22.5. The SMILES string of the molecule is CCCN1C(=O)C(C#N)=C(C)/C(=C\c2ccc(-c3ccc(C(=O)OCC)cc3)o2)C1=O. The fourth-order valence-electron chi connectivity index (χ4n) is 3.27. The Morgan fingerprint density at radius 1 is 1.13 bits per heavy atom. The van der Waals surface area contributed by atoms with Crippen LogP contribution in [-0.4, -0.2) is 35.8 Å². The summed E-state index contributed by atoms with van der Waals surface area (Å²) >= 11 is 0. The van der Waals surface area contributed by atoms with Gasteiger partial charge in [0.05, 0.1) is 12.2 Å². The molecule has 0 fully saturated rings. The summed E-state index contributed by atoms with van der Waals surface area (Å²) in [6.45, 7) is 5.73. The molecule has 7 heteroatoms. The number of carbonyl (C=O) groups excluding carboxylic acids is 3. The van der Waals surface area contributed by atoms with Gasteiger partial charge in [0.15, 0.2) is 0 Å². The van der Waals surface area contributed by atoms with Crippen molar-refractivity contribution in [3.05, 3.63) is 64.4 Å². The van der Waals surface area contributed by atoms with Crippen LogP contribution in [0, 0.1) is 11.3 Å². The Kier molecular flexibility index (Phi) is 6.51. The summed E-state index contributed by atoms with van der Waals surface area (Å²) in [6.07, 6.45) is 2.13. The van der Waals surface area contributed by atoms with Gasteiger partial charge in [-0.15, -0.1) is 0 Å². The molecule has 0 saturated heterocycles. The number of amides is 2. The molecular formula is C24H22N2O5. The Bertz CT molecular complexity index is 1130. The lowest BCUT2D eigenvalue weighted by molar-refractivity contribution is -0.140. The number of furan rings is 1. The molecule has 31 heavy (non-hydrogen) atoms. The first-order valence-electron chi connectivity index (χ1n) is 9.97. The maximum Gasteiger partial charge on any atom is 0.338 e. The number of esters is 1. The maximum absolute atomic E-state index is 12.8. The molecule has 0 radical (unpaired) electrons. The lowest BCUT2D eigenvalue weighted by atomic mass is 9.94. The van der Waals surface area contributed by atoms with E-state index in [1.54, 1.807) is 56.3 Å². The number of nitrogens with zero attached hydrogens (tertiary/aromatic N) is 2. The molecule has 1 aromatic heterocycles. The van der Waals surface area contributed by atoms with Gasteiger partial charge in [-0.3, -0.25) is 14.5 Å². The Morgan fingerprint density at radius 3 is 2.45 bits per heavy atom. The lowest BCUT2D eigenvalue weighted by Crippen LogP contribution is -2.43. The van der Waals surface area contributed by atoms with Crippen LogP contribution in [0.15, 0.2) is 57.5 Å². The molecule has 0 atom stereocenters. The molecule has 0 unspecified atom stereocenters. The number of hydrogen-bond acceptors (Lipinski definition) is 6. The molecule has 1 aromatic carbocycles. The maximum atomic E-state index is 12.8. The highest BCUT2D eigenvalue weighted by molar-refractivity contribution is 6.19. The average Bonchev–Trinajstić information content (AvgIpc) is 3.23. The van der Waals surface area contributed by atoms with Gasteiger partial charge in [-0.25, -0.2) is 4.79 Å². The molecule has 158 valence electrons. The smallest absolute Gasteiger partial charge is 0.338 e. The first-order valence-corrected chi connectivity index (χ1v) is 9.97. The second-order valence-electron chi connectivity index (χ2n) is 6.93. The van der Waals surface area contributed by atoms with Crippen LogP contribution < -0.4 is 0 Å². The number of imide groups is 1. The average molecular weight is 418 g/mol. The first kappa shape index (κ1) is 21.8. The van der Waals surface area contributed by atoms with Crippen LogP contribution in [0.2, 0.25) is 0 Å². The van der Waals surface area contributed by atoms with E-state index in [-0.39, 0.29) is 17.7 Å². The highest BCUT2D eigenvalue weighted by Crippen LogP contribution is 2.29. The van der Waals surface area contributed by atoms with E-state index in [4.69, 9.17) is 9.15 Å². The number of carbonyl (C=O) groups is 3. The summed E-state index contributed by atoms with van der Waals surface area (Å²) in [6, 6.07) is 12.2. The van der Waals surface area contributed by atoms with Crippen molar-refractivity contribution in [1.29, 1.82) is 5.26 Å². The highest BCUT2D eigenvalue weighted by Gasteiger charge is 2.35. The number of rotatable bonds is 6. The Labute approximate surface area is 180 Å². The Morgan fingerprint density at radius 2 is 1.84 bits per heavy atom. The summed E-state index contributed by atoms with van der Waals surface area (Å²) < 4.78 is 10.8. The van der Waals surface area contributed by atoms with E-state index in [9.17, 15) is 19.6 Å². The van der Waals surface area contributed by atoms with Crippen molar-refractivity contribution in [2.75, 3.05) is 13.2 Å². The monoisotopic (exact) mass is 418 g/mol. The van der Waals surface area contributed by atoms with Crippen LogP contribution >= 0.6 is 0 Å². The third-order valence-corrected chi connectivity index (χ3v) is 4.87. The molecule has 2 heterocycles. The van der Waals surface area contributed by atoms with Gasteiger partial charge in [0, 0.05) is 17.7 Å². The molecule has 0 aliphatic carbocycles. The van der Waals surface area contributed by atoms with Crippen LogP contribution in [0.25, 0.3) is 17.4 Å².